The van der Waals surface area contributed by atoms with Gasteiger partial charge in [-0.3, -0.25) is 15.5 Å². The molecule has 1 aliphatic rings. The Balaban J connectivity index is 2.86. The van der Waals surface area contributed by atoms with Gasteiger partial charge in [0.2, 0.25) is 0 Å². The normalized spacial score (nSPS) is 28.4. The molecule has 0 unspecified atom stereocenters. The molecular weight excluding hydrogens is 162 g/mol. The summed E-state index contributed by atoms with van der Waals surface area (Å²) in [5.41, 5.74) is 0.342. The van der Waals surface area contributed by atoms with Crippen LogP contribution in [0, 0.1) is 0 Å². The number of aliphatic carboxylic acids is 1. The summed E-state index contributed by atoms with van der Waals surface area (Å²) >= 11 is 0. The summed E-state index contributed by atoms with van der Waals surface area (Å²) in [4.78, 5) is 21.8. The molecule has 0 radical (unpaired) electrons. The number of carbonyl (C=O) groups is 2. The lowest BCUT2D eigenvalue weighted by molar-refractivity contribution is -0.150. The van der Waals surface area contributed by atoms with Gasteiger partial charge in [0.1, 0.15) is 0 Å². The second-order valence-electron chi connectivity index (χ2n) is 2.71. The number of hydrazine groups is 1. The van der Waals surface area contributed by atoms with Crippen molar-refractivity contribution in [3.63, 3.8) is 0 Å². The second kappa shape index (κ2) is 3.08. The van der Waals surface area contributed by atoms with E-state index in [2.05, 4.69) is 5.32 Å². The average molecular weight is 173 g/mol. The van der Waals surface area contributed by atoms with Crippen molar-refractivity contribution < 1.29 is 14.7 Å². The van der Waals surface area contributed by atoms with Crippen LogP contribution < -0.4 is 16.6 Å². The highest BCUT2D eigenvalue weighted by molar-refractivity contribution is 6.06. The fraction of sp³-hybridized carbons (Fsp3) is 0.667. The summed E-state index contributed by atoms with van der Waals surface area (Å²) in [6, 6.07) is 0. The molecule has 0 aromatic carbocycles. The number of nitrogens with two attached hydrogens (primary N) is 1. The predicted octanol–water partition coefficient (Wildman–Crippen LogP) is -1.82. The van der Waals surface area contributed by atoms with Crippen molar-refractivity contribution in [3.8, 4) is 0 Å². The van der Waals surface area contributed by atoms with Gasteiger partial charge in [0.15, 0.2) is 5.54 Å². The smallest absolute Gasteiger partial charge is 0.333 e. The number of hydrogen-bond acceptors (Lipinski definition) is 4. The third-order valence-corrected chi connectivity index (χ3v) is 2.04. The van der Waals surface area contributed by atoms with Crippen molar-refractivity contribution in [1.82, 2.24) is 10.7 Å². The SMILES string of the molecule is NNC(=O)[C@@]1(C(=O)O)CCCN1. The lowest BCUT2D eigenvalue weighted by Crippen LogP contribution is -2.60. The van der Waals surface area contributed by atoms with Crippen molar-refractivity contribution in [2.75, 3.05) is 6.54 Å². The predicted molar refractivity (Wildman–Crippen MR) is 39.9 cm³/mol. The third kappa shape index (κ3) is 1.15. The van der Waals surface area contributed by atoms with Crippen molar-refractivity contribution in [2.45, 2.75) is 18.4 Å². The standard InChI is InChI=1S/C6H11N3O3/c7-9-4(10)6(5(11)12)2-1-3-8-6/h8H,1-3,7H2,(H,9,10)(H,11,12)/t6-/m1/s1. The van der Waals surface area contributed by atoms with Gasteiger partial charge in [-0.15, -0.1) is 0 Å². The van der Waals surface area contributed by atoms with Crippen LogP contribution in [0.25, 0.3) is 0 Å². The van der Waals surface area contributed by atoms with E-state index in [0.29, 0.717) is 13.0 Å². The highest BCUT2D eigenvalue weighted by Gasteiger charge is 2.47. The van der Waals surface area contributed by atoms with Gasteiger partial charge in [-0.1, -0.05) is 0 Å². The first-order valence-corrected chi connectivity index (χ1v) is 3.63. The molecule has 1 atom stereocenters. The minimum Gasteiger partial charge on any atom is -0.479 e. The lowest BCUT2D eigenvalue weighted by Gasteiger charge is -2.21. The van der Waals surface area contributed by atoms with Gasteiger partial charge in [0.05, 0.1) is 0 Å². The Bertz CT molecular complexity index is 210. The lowest BCUT2D eigenvalue weighted by atomic mass is 9.97. The fourth-order valence-corrected chi connectivity index (χ4v) is 1.34. The van der Waals surface area contributed by atoms with E-state index in [4.69, 9.17) is 10.9 Å². The molecule has 6 nitrogen and oxygen atoms in total. The van der Waals surface area contributed by atoms with Crippen LogP contribution in [0.3, 0.4) is 0 Å². The zero-order chi connectivity index (χ0) is 9.19. The molecule has 1 amide bonds. The summed E-state index contributed by atoms with van der Waals surface area (Å²) in [5.74, 6) is 3.01. The topological polar surface area (TPSA) is 104 Å². The van der Waals surface area contributed by atoms with Crippen molar-refractivity contribution in [2.24, 2.45) is 5.84 Å². The zero-order valence-electron chi connectivity index (χ0n) is 6.46. The number of rotatable bonds is 2. The number of carboxylic acids is 1. The molecule has 0 bridgehead atoms. The molecule has 0 aromatic rings. The first-order chi connectivity index (χ1) is 5.63. The molecule has 0 saturated carbocycles. The maximum atomic E-state index is 11.1. The maximum absolute atomic E-state index is 11.1. The highest BCUT2D eigenvalue weighted by Crippen LogP contribution is 2.19. The molecule has 6 heteroatoms. The van der Waals surface area contributed by atoms with Gasteiger partial charge in [-0.05, 0) is 19.4 Å². The first kappa shape index (κ1) is 8.95. The maximum Gasteiger partial charge on any atom is 0.333 e. The van der Waals surface area contributed by atoms with E-state index in [1.807, 2.05) is 5.43 Å². The Kier molecular flexibility index (Phi) is 2.30. The molecule has 0 aliphatic carbocycles. The van der Waals surface area contributed by atoms with E-state index in [0.717, 1.165) is 0 Å². The summed E-state index contributed by atoms with van der Waals surface area (Å²) in [5, 5.41) is 11.4. The summed E-state index contributed by atoms with van der Waals surface area (Å²) in [6.45, 7) is 0.528. The minimum atomic E-state index is -1.51. The van der Waals surface area contributed by atoms with Crippen LogP contribution in [0.1, 0.15) is 12.8 Å². The van der Waals surface area contributed by atoms with E-state index in [1.165, 1.54) is 0 Å². The van der Waals surface area contributed by atoms with Crippen LogP contribution in [0.2, 0.25) is 0 Å². The zero-order valence-corrected chi connectivity index (χ0v) is 6.46. The molecule has 0 spiro atoms. The van der Waals surface area contributed by atoms with Crippen molar-refractivity contribution in [1.29, 1.82) is 0 Å². The van der Waals surface area contributed by atoms with Crippen LogP contribution in [0.5, 0.6) is 0 Å². The fourth-order valence-electron chi connectivity index (χ4n) is 1.34. The Morgan fingerprint density at radius 1 is 1.58 bits per heavy atom. The number of carboxylic acid groups (broad SMARTS) is 1. The quantitative estimate of drug-likeness (QED) is 0.170. The van der Waals surface area contributed by atoms with Crippen LogP contribution in [-0.2, 0) is 9.59 Å². The molecule has 5 N–H and O–H groups in total. The number of hydrogen-bond donors (Lipinski definition) is 4. The van der Waals surface area contributed by atoms with Crippen LogP contribution >= 0.6 is 0 Å². The van der Waals surface area contributed by atoms with E-state index in [9.17, 15) is 9.59 Å². The van der Waals surface area contributed by atoms with Gasteiger partial charge < -0.3 is 5.11 Å². The van der Waals surface area contributed by atoms with Gasteiger partial charge in [0, 0.05) is 0 Å². The number of amides is 1. The highest BCUT2D eigenvalue weighted by atomic mass is 16.4. The average Bonchev–Trinajstić information content (AvgIpc) is 2.52. The third-order valence-electron chi connectivity index (χ3n) is 2.04. The first-order valence-electron chi connectivity index (χ1n) is 3.63. The monoisotopic (exact) mass is 173 g/mol. The Hall–Kier alpha value is -1.14. The molecule has 68 valence electrons. The molecule has 1 rings (SSSR count). The van der Waals surface area contributed by atoms with Crippen LogP contribution in [-0.4, -0.2) is 29.1 Å². The molecule has 12 heavy (non-hydrogen) atoms. The Morgan fingerprint density at radius 2 is 2.25 bits per heavy atom. The van der Waals surface area contributed by atoms with Crippen LogP contribution in [0.4, 0.5) is 0 Å². The number of carbonyl (C=O) groups excluding carboxylic acids is 1. The van der Waals surface area contributed by atoms with Crippen LogP contribution in [0.15, 0.2) is 0 Å². The second-order valence-corrected chi connectivity index (χ2v) is 2.71. The summed E-state index contributed by atoms with van der Waals surface area (Å²) in [7, 11) is 0. The number of nitrogens with one attached hydrogen (secondary N) is 2. The van der Waals surface area contributed by atoms with E-state index >= 15 is 0 Å². The van der Waals surface area contributed by atoms with Gasteiger partial charge in [-0.2, -0.15) is 0 Å². The van der Waals surface area contributed by atoms with Gasteiger partial charge >= 0.3 is 5.97 Å². The molecule has 1 heterocycles. The Morgan fingerprint density at radius 3 is 2.58 bits per heavy atom. The molecule has 1 fully saturated rings. The molecule has 1 saturated heterocycles. The minimum absolute atomic E-state index is 0.283. The summed E-state index contributed by atoms with van der Waals surface area (Å²) < 4.78 is 0. The largest absolute Gasteiger partial charge is 0.479 e. The Labute approximate surface area is 69.1 Å². The molecule has 1 aliphatic heterocycles. The van der Waals surface area contributed by atoms with E-state index < -0.39 is 17.4 Å². The van der Waals surface area contributed by atoms with Gasteiger partial charge in [0.25, 0.3) is 5.91 Å². The van der Waals surface area contributed by atoms with Crippen molar-refractivity contribution in [3.05, 3.63) is 0 Å². The van der Waals surface area contributed by atoms with E-state index in [1.54, 1.807) is 0 Å². The molecular formula is C6H11N3O3. The molecule has 0 aromatic heterocycles. The van der Waals surface area contributed by atoms with E-state index in [-0.39, 0.29) is 6.42 Å². The van der Waals surface area contributed by atoms with Crippen molar-refractivity contribution >= 4 is 11.9 Å². The summed E-state index contributed by atoms with van der Waals surface area (Å²) in [6.07, 6.45) is 0.949. The van der Waals surface area contributed by atoms with Gasteiger partial charge in [-0.25, -0.2) is 10.6 Å².